The van der Waals surface area contributed by atoms with Crippen LogP contribution in [0.2, 0.25) is 0 Å². The third kappa shape index (κ3) is 0.916. The first kappa shape index (κ1) is 10.8. The van der Waals surface area contributed by atoms with E-state index >= 15 is 0 Å². The molecule has 4 heteroatoms. The van der Waals surface area contributed by atoms with Gasteiger partial charge in [0.2, 0.25) is 11.2 Å². The average Bonchev–Trinajstić information content (AvgIpc) is 2.73. The van der Waals surface area contributed by atoms with E-state index in [9.17, 15) is 5.21 Å². The Hall–Kier alpha value is -1.94. The molecule has 0 N–H and O–H groups in total. The lowest BCUT2D eigenvalue weighted by Crippen LogP contribution is -2.36. The summed E-state index contributed by atoms with van der Waals surface area (Å²) in [6.45, 7) is 4.20. The zero-order valence-electron chi connectivity index (χ0n) is 11.3. The number of ether oxygens (including phenoxy) is 1. The van der Waals surface area contributed by atoms with Crippen molar-refractivity contribution < 1.29 is 9.47 Å². The standard InChI is InChI=1S/C16H14N2O2/c1-15(2)16(20-15)9-7-8-10(16)14-13(9)17-11-5-3-4-6-12(11)18(14)19/h3-10H,1-2H3. The van der Waals surface area contributed by atoms with Gasteiger partial charge >= 0.3 is 0 Å². The largest absolute Gasteiger partial charge is 0.618 e. The van der Waals surface area contributed by atoms with Crippen molar-refractivity contribution in [1.29, 1.82) is 0 Å². The molecule has 3 unspecified atom stereocenters. The Balaban J connectivity index is 1.85. The van der Waals surface area contributed by atoms with Gasteiger partial charge in [0, 0.05) is 6.07 Å². The van der Waals surface area contributed by atoms with Crippen LogP contribution in [0.4, 0.5) is 0 Å². The summed E-state index contributed by atoms with van der Waals surface area (Å²) in [6.07, 6.45) is 4.27. The number of epoxide rings is 1. The maximum Gasteiger partial charge on any atom is 0.242 e. The van der Waals surface area contributed by atoms with Crippen LogP contribution < -0.4 is 4.73 Å². The fourth-order valence-corrected chi connectivity index (χ4v) is 4.23. The van der Waals surface area contributed by atoms with Gasteiger partial charge in [-0.15, -0.1) is 0 Å². The van der Waals surface area contributed by atoms with E-state index in [-0.39, 0.29) is 23.0 Å². The molecule has 2 heterocycles. The maximum atomic E-state index is 12.7. The molecule has 1 aromatic carbocycles. The summed E-state index contributed by atoms with van der Waals surface area (Å²) in [7, 11) is 0. The first-order chi connectivity index (χ1) is 9.56. The van der Waals surface area contributed by atoms with Crippen molar-refractivity contribution in [2.45, 2.75) is 36.9 Å². The van der Waals surface area contributed by atoms with Crippen molar-refractivity contribution in [2.24, 2.45) is 0 Å². The second-order valence-electron chi connectivity index (χ2n) is 6.41. The number of fused-ring (bicyclic) bond motifs is 4. The molecule has 0 saturated carbocycles. The van der Waals surface area contributed by atoms with Gasteiger partial charge in [0.05, 0.1) is 17.4 Å². The van der Waals surface area contributed by atoms with Gasteiger partial charge in [0.1, 0.15) is 16.8 Å². The first-order valence-electron chi connectivity index (χ1n) is 6.97. The number of hydrogen-bond acceptors (Lipinski definition) is 3. The van der Waals surface area contributed by atoms with Gasteiger partial charge in [-0.3, -0.25) is 0 Å². The third-order valence-corrected chi connectivity index (χ3v) is 5.16. The van der Waals surface area contributed by atoms with Crippen LogP contribution in [-0.2, 0) is 4.74 Å². The van der Waals surface area contributed by atoms with Gasteiger partial charge in [0.15, 0.2) is 0 Å². The van der Waals surface area contributed by atoms with E-state index in [1.807, 2.05) is 24.3 Å². The summed E-state index contributed by atoms with van der Waals surface area (Å²) in [5.41, 5.74) is 2.62. The zero-order valence-corrected chi connectivity index (χ0v) is 11.3. The van der Waals surface area contributed by atoms with Crippen molar-refractivity contribution in [3.8, 4) is 0 Å². The molecule has 2 aromatic rings. The van der Waals surface area contributed by atoms with E-state index in [1.54, 1.807) is 0 Å². The highest BCUT2D eigenvalue weighted by atomic mass is 16.6. The number of aromatic nitrogens is 2. The van der Waals surface area contributed by atoms with Gasteiger partial charge in [-0.05, 0) is 19.9 Å². The second kappa shape index (κ2) is 2.88. The zero-order chi connectivity index (χ0) is 13.7. The minimum atomic E-state index is -0.272. The predicted molar refractivity (Wildman–Crippen MR) is 73.2 cm³/mol. The SMILES string of the molecule is CC1(C)OC12C1C=CC2c2c1nc1ccccc1[n+]2[O-]. The van der Waals surface area contributed by atoms with Crippen molar-refractivity contribution in [3.63, 3.8) is 0 Å². The van der Waals surface area contributed by atoms with E-state index in [0.29, 0.717) is 5.52 Å². The molecule has 100 valence electrons. The summed E-state index contributed by atoms with van der Waals surface area (Å²) in [5, 5.41) is 12.7. The molecular weight excluding hydrogens is 252 g/mol. The van der Waals surface area contributed by atoms with Crippen LogP contribution in [0.3, 0.4) is 0 Å². The summed E-state index contributed by atoms with van der Waals surface area (Å²) < 4.78 is 7.11. The van der Waals surface area contributed by atoms with E-state index in [1.165, 1.54) is 0 Å². The van der Waals surface area contributed by atoms with Crippen LogP contribution >= 0.6 is 0 Å². The molecule has 20 heavy (non-hydrogen) atoms. The minimum Gasteiger partial charge on any atom is -0.618 e. The molecule has 1 spiro atoms. The lowest BCUT2D eigenvalue weighted by Gasteiger charge is -2.12. The predicted octanol–water partition coefficient (Wildman–Crippen LogP) is 2.17. The van der Waals surface area contributed by atoms with E-state index in [0.717, 1.165) is 21.6 Å². The fraction of sp³-hybridized carbons (Fsp3) is 0.375. The molecule has 1 saturated heterocycles. The topological polar surface area (TPSA) is 52.4 Å². The summed E-state index contributed by atoms with van der Waals surface area (Å²) in [5.74, 6) is 0.148. The summed E-state index contributed by atoms with van der Waals surface area (Å²) >= 11 is 0. The van der Waals surface area contributed by atoms with Gasteiger partial charge in [-0.2, -0.15) is 4.73 Å². The number of rotatable bonds is 0. The monoisotopic (exact) mass is 266 g/mol. The molecule has 5 rings (SSSR count). The highest BCUT2D eigenvalue weighted by Crippen LogP contribution is 2.70. The van der Waals surface area contributed by atoms with Crippen LogP contribution in [0.1, 0.15) is 37.1 Å². The summed E-state index contributed by atoms with van der Waals surface area (Å²) in [4.78, 5) is 4.75. The molecule has 2 bridgehead atoms. The van der Waals surface area contributed by atoms with Crippen LogP contribution in [0.15, 0.2) is 36.4 Å². The Bertz CT molecular complexity index is 811. The van der Waals surface area contributed by atoms with Crippen molar-refractivity contribution in [2.75, 3.05) is 0 Å². The van der Waals surface area contributed by atoms with Gasteiger partial charge in [-0.25, -0.2) is 4.98 Å². The van der Waals surface area contributed by atoms with E-state index in [4.69, 9.17) is 9.72 Å². The number of benzene rings is 1. The third-order valence-electron chi connectivity index (χ3n) is 5.16. The number of nitrogens with zero attached hydrogens (tertiary/aromatic N) is 2. The van der Waals surface area contributed by atoms with Gasteiger partial charge in [0.25, 0.3) is 0 Å². The molecule has 1 fully saturated rings. The maximum absolute atomic E-state index is 12.7. The fourth-order valence-electron chi connectivity index (χ4n) is 4.23. The van der Waals surface area contributed by atoms with Crippen molar-refractivity contribution >= 4 is 11.0 Å². The van der Waals surface area contributed by atoms with Crippen molar-refractivity contribution in [3.05, 3.63) is 53.0 Å². The summed E-state index contributed by atoms with van der Waals surface area (Å²) in [6, 6.07) is 7.52. The van der Waals surface area contributed by atoms with Gasteiger partial charge < -0.3 is 9.94 Å². The van der Waals surface area contributed by atoms with Crippen molar-refractivity contribution in [1.82, 2.24) is 4.98 Å². The Morgan fingerprint density at radius 3 is 2.65 bits per heavy atom. The molecular formula is C16H14N2O2. The molecule has 3 aliphatic rings. The van der Waals surface area contributed by atoms with Crippen LogP contribution in [0.25, 0.3) is 11.0 Å². The van der Waals surface area contributed by atoms with E-state index < -0.39 is 0 Å². The molecule has 1 aromatic heterocycles. The first-order valence-corrected chi connectivity index (χ1v) is 6.97. The molecule has 3 atom stereocenters. The normalized spacial score (nSPS) is 34.9. The second-order valence-corrected chi connectivity index (χ2v) is 6.41. The van der Waals surface area contributed by atoms with Crippen LogP contribution in [0.5, 0.6) is 0 Å². The number of hydrogen-bond donors (Lipinski definition) is 0. The molecule has 0 amide bonds. The van der Waals surface area contributed by atoms with Gasteiger partial charge in [-0.1, -0.05) is 24.3 Å². The Morgan fingerprint density at radius 1 is 1.20 bits per heavy atom. The molecule has 0 radical (unpaired) electrons. The quantitative estimate of drug-likeness (QED) is 0.318. The smallest absolute Gasteiger partial charge is 0.242 e. The molecule has 2 aliphatic carbocycles. The molecule has 4 nitrogen and oxygen atoms in total. The Morgan fingerprint density at radius 2 is 1.90 bits per heavy atom. The number of para-hydroxylation sites is 2. The lowest BCUT2D eigenvalue weighted by atomic mass is 9.84. The molecule has 1 aliphatic heterocycles. The van der Waals surface area contributed by atoms with Crippen LogP contribution in [-0.4, -0.2) is 16.2 Å². The highest BCUT2D eigenvalue weighted by molar-refractivity contribution is 5.72. The van der Waals surface area contributed by atoms with E-state index in [2.05, 4.69) is 26.0 Å². The van der Waals surface area contributed by atoms with Crippen LogP contribution in [0, 0.1) is 5.21 Å². The Kier molecular flexibility index (Phi) is 1.56. The average molecular weight is 266 g/mol. The Labute approximate surface area is 116 Å². The lowest BCUT2D eigenvalue weighted by molar-refractivity contribution is -0.587. The highest BCUT2D eigenvalue weighted by Gasteiger charge is 2.78. The minimum absolute atomic E-state index is 0.0344.